The van der Waals surface area contributed by atoms with Crippen LogP contribution in [0.4, 0.5) is 0 Å². The van der Waals surface area contributed by atoms with E-state index in [-0.39, 0.29) is 42.3 Å². The number of aliphatic hydroxyl groups is 8. The molecule has 23 atom stereocenters. The van der Waals surface area contributed by atoms with Gasteiger partial charge < -0.3 is 83.5 Å². The third kappa shape index (κ3) is 8.43. The number of carbonyl (C=O) groups excluding carboxylic acids is 2. The van der Waals surface area contributed by atoms with Gasteiger partial charge in [0.1, 0.15) is 67.6 Å². The standard InChI is InChI=1S/C44H68O19/c1-19-39(63-41-38(53)36(51)34(49)29(62-41)18-57-40-37(52)35(50)33(48)28(16-45)61-40)26(55-5)14-31(58-19)60-23-8-10-42(3)22(13-23)6-7-25-24(42)9-11-43(4)32(21-12-30(47)56-17-21)27(59-20(2)46)15-44(25,43)54/h12,19,22-29,31-41,45,48-54H,6-11,13-18H2,1-5H3/t19-,22-,23+,24+,25-,26-,27+,28-,29-,31+,32+,33-,34-,35+,36+,37-,38-,39+,40-,41-,42+,43-,44-/m1/s1. The lowest BCUT2D eigenvalue weighted by atomic mass is 9.43. The molecule has 0 aromatic carbocycles. The molecule has 63 heavy (non-hydrogen) atoms. The van der Waals surface area contributed by atoms with Crippen molar-refractivity contribution >= 4 is 11.9 Å². The minimum absolute atomic E-state index is 0.000125. The lowest BCUT2D eigenvalue weighted by Gasteiger charge is -2.63. The van der Waals surface area contributed by atoms with E-state index >= 15 is 0 Å². The normalized spacial score (nSPS) is 52.3. The Bertz CT molecular complexity index is 1680. The van der Waals surface area contributed by atoms with Gasteiger partial charge in [0.05, 0.1) is 37.1 Å². The topological polar surface area (TPSA) is 279 Å². The van der Waals surface area contributed by atoms with E-state index < -0.39 is 128 Å². The first kappa shape index (κ1) is 47.6. The summed E-state index contributed by atoms with van der Waals surface area (Å²) in [6.45, 7) is 6.62. The fourth-order valence-electron chi connectivity index (χ4n) is 13.3. The molecule has 8 aliphatic rings. The van der Waals surface area contributed by atoms with E-state index in [0.717, 1.165) is 50.5 Å². The van der Waals surface area contributed by atoms with Crippen LogP contribution < -0.4 is 0 Å². The quantitative estimate of drug-likeness (QED) is 0.0943. The van der Waals surface area contributed by atoms with Crippen molar-refractivity contribution in [1.82, 2.24) is 0 Å². The summed E-state index contributed by atoms with van der Waals surface area (Å²) in [5, 5.41) is 85.4. The molecule has 19 nitrogen and oxygen atoms in total. The number of methoxy groups -OCH3 is 1. The van der Waals surface area contributed by atoms with Crippen LogP contribution in [0.15, 0.2) is 11.6 Å². The second-order valence-electron chi connectivity index (χ2n) is 20.0. The van der Waals surface area contributed by atoms with E-state index in [0.29, 0.717) is 12.3 Å². The zero-order valence-electron chi connectivity index (χ0n) is 36.7. The van der Waals surface area contributed by atoms with E-state index in [9.17, 15) is 50.4 Å². The highest BCUT2D eigenvalue weighted by Crippen LogP contribution is 2.70. The van der Waals surface area contributed by atoms with Gasteiger partial charge in [-0.05, 0) is 80.6 Å². The van der Waals surface area contributed by atoms with Crippen molar-refractivity contribution in [2.24, 2.45) is 34.5 Å². The monoisotopic (exact) mass is 900 g/mol. The van der Waals surface area contributed by atoms with Gasteiger partial charge in [-0.1, -0.05) is 13.8 Å². The zero-order chi connectivity index (χ0) is 45.3. The summed E-state index contributed by atoms with van der Waals surface area (Å²) in [7, 11) is 1.52. The summed E-state index contributed by atoms with van der Waals surface area (Å²) in [5.41, 5.74) is -0.944. The number of hydrogen-bond acceptors (Lipinski definition) is 19. The molecule has 8 rings (SSSR count). The van der Waals surface area contributed by atoms with Crippen LogP contribution in [0.5, 0.6) is 0 Å². The van der Waals surface area contributed by atoms with Crippen molar-refractivity contribution in [3.8, 4) is 0 Å². The molecule has 0 aromatic rings. The number of cyclic esters (lactones) is 1. The molecule has 4 heterocycles. The molecule has 8 N–H and O–H groups in total. The predicted molar refractivity (Wildman–Crippen MR) is 213 cm³/mol. The molecule has 0 amide bonds. The van der Waals surface area contributed by atoms with Crippen LogP contribution in [-0.2, 0) is 52.2 Å². The van der Waals surface area contributed by atoms with Crippen LogP contribution >= 0.6 is 0 Å². The highest BCUT2D eigenvalue weighted by atomic mass is 16.8. The predicted octanol–water partition coefficient (Wildman–Crippen LogP) is -0.671. The smallest absolute Gasteiger partial charge is 0.331 e. The van der Waals surface area contributed by atoms with Gasteiger partial charge in [-0.2, -0.15) is 0 Å². The van der Waals surface area contributed by atoms with Gasteiger partial charge in [0.25, 0.3) is 0 Å². The van der Waals surface area contributed by atoms with Crippen molar-refractivity contribution in [1.29, 1.82) is 0 Å². The molecular formula is C44H68O19. The fraction of sp³-hybridized carbons (Fsp3) is 0.909. The largest absolute Gasteiger partial charge is 0.462 e. The maximum Gasteiger partial charge on any atom is 0.331 e. The van der Waals surface area contributed by atoms with Crippen LogP contribution in [0, 0.1) is 34.5 Å². The van der Waals surface area contributed by atoms with E-state index in [4.69, 9.17) is 42.6 Å². The van der Waals surface area contributed by atoms with Crippen LogP contribution in [0.1, 0.15) is 85.5 Å². The first-order valence-electron chi connectivity index (χ1n) is 22.7. The van der Waals surface area contributed by atoms with Gasteiger partial charge >= 0.3 is 11.9 Å². The number of rotatable bonds is 11. The number of fused-ring (bicyclic) bond motifs is 5. The molecule has 0 aromatic heterocycles. The van der Waals surface area contributed by atoms with Crippen molar-refractivity contribution in [2.75, 3.05) is 26.9 Å². The minimum Gasteiger partial charge on any atom is -0.462 e. The van der Waals surface area contributed by atoms with Crippen molar-refractivity contribution in [2.45, 2.75) is 189 Å². The van der Waals surface area contributed by atoms with Crippen LogP contribution in [0.2, 0.25) is 0 Å². The molecule has 0 unspecified atom stereocenters. The number of carbonyl (C=O) groups is 2. The SMILES string of the molecule is CO[C@@H]1C[C@H](O[C@H]2CC[C@@]3(C)[C@H](CC[C@@H]4[C@@H]3CC[C@]3(C)[C@@H](C5=CC(=O)OC5)[C@@H](OC(C)=O)C[C@@]43O)C2)O[C@H](C)[C@@H]1O[C@H]1O[C@H](CO[C@@H]2O[C@H](CO)[C@@H](O)[C@H](O)[C@H]2O)[C@@H](O)[C@H](O)[C@H]1O. The molecule has 4 aliphatic heterocycles. The summed E-state index contributed by atoms with van der Waals surface area (Å²) in [6.07, 6.45) is -10.8. The van der Waals surface area contributed by atoms with Crippen molar-refractivity contribution in [3.63, 3.8) is 0 Å². The molecule has 4 saturated carbocycles. The van der Waals surface area contributed by atoms with Crippen molar-refractivity contribution < 1.29 is 93.1 Å². The highest BCUT2D eigenvalue weighted by Gasteiger charge is 2.71. The Morgan fingerprint density at radius 1 is 0.825 bits per heavy atom. The lowest BCUT2D eigenvalue weighted by Crippen LogP contribution is -2.63. The van der Waals surface area contributed by atoms with Gasteiger partial charge in [0, 0.05) is 44.3 Å². The van der Waals surface area contributed by atoms with Gasteiger partial charge in [0.2, 0.25) is 0 Å². The van der Waals surface area contributed by atoms with E-state index in [1.165, 1.54) is 20.1 Å². The average Bonchev–Trinajstić information content (AvgIpc) is 3.76. The van der Waals surface area contributed by atoms with Gasteiger partial charge in [-0.3, -0.25) is 4.79 Å². The first-order valence-corrected chi connectivity index (χ1v) is 22.7. The second kappa shape index (κ2) is 18.3. The molecule has 19 heteroatoms. The van der Waals surface area contributed by atoms with Crippen molar-refractivity contribution in [3.05, 3.63) is 11.6 Å². The maximum atomic E-state index is 12.9. The van der Waals surface area contributed by atoms with Gasteiger partial charge in [-0.15, -0.1) is 0 Å². The Labute approximate surface area is 366 Å². The molecule has 7 fully saturated rings. The Morgan fingerprint density at radius 3 is 2.19 bits per heavy atom. The molecule has 4 aliphatic carbocycles. The molecule has 358 valence electrons. The maximum absolute atomic E-state index is 12.9. The van der Waals surface area contributed by atoms with Gasteiger partial charge in [-0.25, -0.2) is 4.79 Å². The number of aliphatic hydroxyl groups excluding tert-OH is 7. The minimum atomic E-state index is -1.72. The summed E-state index contributed by atoms with van der Waals surface area (Å²) >= 11 is 0. The summed E-state index contributed by atoms with van der Waals surface area (Å²) in [5.74, 6) is -0.528. The number of esters is 2. The molecule has 0 spiro atoms. The number of ether oxygens (including phenoxy) is 9. The Morgan fingerprint density at radius 2 is 1.52 bits per heavy atom. The average molecular weight is 901 g/mol. The Balaban J connectivity index is 0.874. The molecule has 0 bridgehead atoms. The van der Waals surface area contributed by atoms with Gasteiger partial charge in [0.15, 0.2) is 18.9 Å². The van der Waals surface area contributed by atoms with Crippen LogP contribution in [-0.4, -0.2) is 184 Å². The first-order chi connectivity index (χ1) is 29.8. The van der Waals surface area contributed by atoms with E-state index in [1.54, 1.807) is 6.92 Å². The lowest BCUT2D eigenvalue weighted by molar-refractivity contribution is -0.355. The fourth-order valence-corrected chi connectivity index (χ4v) is 13.3. The molecular weight excluding hydrogens is 832 g/mol. The Hall–Kier alpha value is -1.92. The van der Waals surface area contributed by atoms with E-state index in [1.807, 2.05) is 0 Å². The second-order valence-corrected chi connectivity index (χ2v) is 20.0. The van der Waals surface area contributed by atoms with Crippen LogP contribution in [0.25, 0.3) is 0 Å². The highest BCUT2D eigenvalue weighted by molar-refractivity contribution is 5.85. The Kier molecular flexibility index (Phi) is 13.8. The molecule has 3 saturated heterocycles. The zero-order valence-corrected chi connectivity index (χ0v) is 36.7. The summed E-state index contributed by atoms with van der Waals surface area (Å²) < 4.78 is 53.1. The number of hydrogen-bond donors (Lipinski definition) is 8. The summed E-state index contributed by atoms with van der Waals surface area (Å²) in [6, 6.07) is 0. The van der Waals surface area contributed by atoms with E-state index in [2.05, 4.69) is 13.8 Å². The third-order valence-corrected chi connectivity index (χ3v) is 16.7. The summed E-state index contributed by atoms with van der Waals surface area (Å²) in [4.78, 5) is 24.5. The third-order valence-electron chi connectivity index (χ3n) is 16.7. The molecule has 0 radical (unpaired) electrons. The van der Waals surface area contributed by atoms with Crippen LogP contribution in [0.3, 0.4) is 0 Å².